The van der Waals surface area contributed by atoms with Crippen LogP contribution in [-0.4, -0.2) is 9.97 Å². The SMILES string of the molecule is N#C/C(=C/c1cc2cc(Br)ccc2nc1Cl)c1nc(-c2ccc(Br)cc2)cs1. The molecule has 2 aromatic carbocycles. The lowest BCUT2D eigenvalue weighted by Crippen LogP contribution is -1.87. The van der Waals surface area contributed by atoms with E-state index in [9.17, 15) is 5.26 Å². The van der Waals surface area contributed by atoms with Gasteiger partial charge in [-0.25, -0.2) is 9.97 Å². The number of benzene rings is 2. The van der Waals surface area contributed by atoms with E-state index in [2.05, 4.69) is 47.9 Å². The van der Waals surface area contributed by atoms with E-state index < -0.39 is 0 Å². The minimum atomic E-state index is 0.354. The van der Waals surface area contributed by atoms with Gasteiger partial charge in [0.25, 0.3) is 0 Å². The van der Waals surface area contributed by atoms with Crippen LogP contribution in [0.1, 0.15) is 10.6 Å². The Bertz CT molecular complexity index is 1260. The van der Waals surface area contributed by atoms with Gasteiger partial charge < -0.3 is 0 Å². The van der Waals surface area contributed by atoms with Crippen LogP contribution < -0.4 is 0 Å². The Morgan fingerprint density at radius 3 is 2.54 bits per heavy atom. The largest absolute Gasteiger partial charge is 0.235 e. The number of nitrogens with zero attached hydrogens (tertiary/aromatic N) is 3. The molecule has 0 spiro atoms. The molecule has 0 unspecified atom stereocenters. The molecule has 0 radical (unpaired) electrons. The van der Waals surface area contributed by atoms with Gasteiger partial charge in [-0.1, -0.05) is 55.6 Å². The topological polar surface area (TPSA) is 49.6 Å². The molecule has 136 valence electrons. The van der Waals surface area contributed by atoms with E-state index in [0.717, 1.165) is 31.1 Å². The highest BCUT2D eigenvalue weighted by atomic mass is 79.9. The summed E-state index contributed by atoms with van der Waals surface area (Å²) >= 11 is 14.7. The van der Waals surface area contributed by atoms with Crippen molar-refractivity contribution in [2.24, 2.45) is 0 Å². The number of pyridine rings is 1. The van der Waals surface area contributed by atoms with Gasteiger partial charge in [0.05, 0.1) is 16.8 Å². The molecule has 4 rings (SSSR count). The molecule has 0 saturated carbocycles. The lowest BCUT2D eigenvalue weighted by Gasteiger charge is -2.03. The van der Waals surface area contributed by atoms with Crippen LogP contribution in [0.25, 0.3) is 33.8 Å². The average molecular weight is 532 g/mol. The second-order valence-corrected chi connectivity index (χ2v) is 8.97. The zero-order valence-corrected chi connectivity index (χ0v) is 18.9. The lowest BCUT2D eigenvalue weighted by molar-refractivity contribution is 1.36. The van der Waals surface area contributed by atoms with E-state index in [4.69, 9.17) is 11.6 Å². The van der Waals surface area contributed by atoms with Gasteiger partial charge in [0, 0.05) is 30.8 Å². The van der Waals surface area contributed by atoms with Crippen LogP contribution >= 0.6 is 54.8 Å². The summed E-state index contributed by atoms with van der Waals surface area (Å²) in [5.74, 6) is 0. The van der Waals surface area contributed by atoms with Gasteiger partial charge >= 0.3 is 0 Å². The van der Waals surface area contributed by atoms with Crippen molar-refractivity contribution in [1.82, 2.24) is 9.97 Å². The standard InChI is InChI=1S/C21H10Br2ClN3S/c22-16-3-1-12(2-4-16)19-11-28-21(27-19)15(10-25)8-14-7-13-9-17(23)5-6-18(13)26-20(14)24/h1-9,11H/b15-8-. The van der Waals surface area contributed by atoms with Crippen molar-refractivity contribution in [2.75, 3.05) is 0 Å². The summed E-state index contributed by atoms with van der Waals surface area (Å²) in [5.41, 5.74) is 3.77. The van der Waals surface area contributed by atoms with Gasteiger partial charge in [-0.2, -0.15) is 5.26 Å². The van der Waals surface area contributed by atoms with Crippen LogP contribution in [0.4, 0.5) is 0 Å². The van der Waals surface area contributed by atoms with Crippen LogP contribution in [0.15, 0.2) is 62.9 Å². The summed E-state index contributed by atoms with van der Waals surface area (Å²) in [5, 5.41) is 13.6. The van der Waals surface area contributed by atoms with Crippen LogP contribution in [0, 0.1) is 11.3 Å². The molecule has 4 aromatic rings. The third kappa shape index (κ3) is 4.03. The van der Waals surface area contributed by atoms with E-state index in [0.29, 0.717) is 21.3 Å². The van der Waals surface area contributed by atoms with E-state index in [1.54, 1.807) is 6.08 Å². The molecular weight excluding hydrogens is 522 g/mol. The van der Waals surface area contributed by atoms with Crippen molar-refractivity contribution in [3.05, 3.63) is 78.6 Å². The van der Waals surface area contributed by atoms with Gasteiger partial charge in [0.15, 0.2) is 0 Å². The third-order valence-electron chi connectivity index (χ3n) is 4.05. The highest BCUT2D eigenvalue weighted by Gasteiger charge is 2.11. The quantitative estimate of drug-likeness (QED) is 0.202. The second-order valence-electron chi connectivity index (χ2n) is 5.92. The smallest absolute Gasteiger partial charge is 0.137 e. The predicted molar refractivity (Wildman–Crippen MR) is 123 cm³/mol. The van der Waals surface area contributed by atoms with E-state index in [-0.39, 0.29) is 0 Å². The first-order chi connectivity index (χ1) is 13.5. The summed E-state index contributed by atoms with van der Waals surface area (Å²) in [6.45, 7) is 0. The maximum absolute atomic E-state index is 9.68. The molecule has 0 aliphatic rings. The Balaban J connectivity index is 1.74. The van der Waals surface area contributed by atoms with Gasteiger partial charge in [-0.15, -0.1) is 11.3 Å². The lowest BCUT2D eigenvalue weighted by atomic mass is 10.1. The van der Waals surface area contributed by atoms with Crippen LogP contribution in [0.5, 0.6) is 0 Å². The van der Waals surface area contributed by atoms with Crippen LogP contribution in [0.2, 0.25) is 5.15 Å². The summed E-state index contributed by atoms with van der Waals surface area (Å²) in [7, 11) is 0. The maximum Gasteiger partial charge on any atom is 0.137 e. The third-order valence-corrected chi connectivity index (χ3v) is 6.25. The fraction of sp³-hybridized carbons (Fsp3) is 0. The van der Waals surface area contributed by atoms with Crippen LogP contribution in [-0.2, 0) is 0 Å². The van der Waals surface area contributed by atoms with Crippen molar-refractivity contribution < 1.29 is 0 Å². The van der Waals surface area contributed by atoms with Gasteiger partial charge in [-0.05, 0) is 42.5 Å². The van der Waals surface area contributed by atoms with Gasteiger partial charge in [0.1, 0.15) is 16.2 Å². The number of aromatic nitrogens is 2. The number of thiazole rings is 1. The fourth-order valence-electron chi connectivity index (χ4n) is 2.69. The number of hydrogen-bond acceptors (Lipinski definition) is 4. The normalized spacial score (nSPS) is 11.6. The minimum absolute atomic E-state index is 0.354. The molecule has 0 fully saturated rings. The summed E-state index contributed by atoms with van der Waals surface area (Å²) in [4.78, 5) is 9.05. The zero-order chi connectivity index (χ0) is 19.7. The van der Waals surface area contributed by atoms with Crippen LogP contribution in [0.3, 0.4) is 0 Å². The van der Waals surface area contributed by atoms with Crippen molar-refractivity contribution in [3.63, 3.8) is 0 Å². The molecule has 28 heavy (non-hydrogen) atoms. The Morgan fingerprint density at radius 1 is 1.04 bits per heavy atom. The first-order valence-corrected chi connectivity index (χ1v) is 11.0. The average Bonchev–Trinajstić information content (AvgIpc) is 3.17. The van der Waals surface area contributed by atoms with Gasteiger partial charge in [-0.3, -0.25) is 0 Å². The molecule has 2 aromatic heterocycles. The highest BCUT2D eigenvalue weighted by molar-refractivity contribution is 9.10. The zero-order valence-electron chi connectivity index (χ0n) is 14.2. The number of rotatable bonds is 3. The molecule has 2 heterocycles. The number of allylic oxidation sites excluding steroid dienone is 1. The monoisotopic (exact) mass is 529 g/mol. The molecule has 0 aliphatic heterocycles. The molecule has 7 heteroatoms. The molecule has 0 atom stereocenters. The fourth-order valence-corrected chi connectivity index (χ4v) is 4.33. The van der Waals surface area contributed by atoms with E-state index in [1.165, 1.54) is 11.3 Å². The Kier molecular flexibility index (Phi) is 5.61. The van der Waals surface area contributed by atoms with Gasteiger partial charge in [0.2, 0.25) is 0 Å². The molecule has 0 N–H and O–H groups in total. The van der Waals surface area contributed by atoms with Crippen molar-refractivity contribution in [3.8, 4) is 17.3 Å². The Labute approximate surface area is 187 Å². The molecule has 0 aliphatic carbocycles. The number of fused-ring (bicyclic) bond motifs is 1. The predicted octanol–water partition coefficient (Wildman–Crippen LogP) is 7.60. The number of nitriles is 1. The molecule has 0 bridgehead atoms. The number of hydrogen-bond donors (Lipinski definition) is 0. The maximum atomic E-state index is 9.68. The van der Waals surface area contributed by atoms with E-state index >= 15 is 0 Å². The summed E-state index contributed by atoms with van der Waals surface area (Å²) in [6, 6.07) is 17.9. The molecule has 3 nitrogen and oxygen atoms in total. The highest BCUT2D eigenvalue weighted by Crippen LogP contribution is 2.30. The van der Waals surface area contributed by atoms with Crippen molar-refractivity contribution in [2.45, 2.75) is 0 Å². The Hall–Kier alpha value is -2.04. The Morgan fingerprint density at radius 2 is 1.79 bits per heavy atom. The molecule has 0 saturated heterocycles. The van der Waals surface area contributed by atoms with Crippen molar-refractivity contribution >= 4 is 77.3 Å². The summed E-state index contributed by atoms with van der Waals surface area (Å²) < 4.78 is 1.97. The minimum Gasteiger partial charge on any atom is -0.235 e. The first kappa shape index (κ1) is 19.3. The van der Waals surface area contributed by atoms with Crippen molar-refractivity contribution in [1.29, 1.82) is 5.26 Å². The summed E-state index contributed by atoms with van der Waals surface area (Å²) in [6.07, 6.45) is 1.74. The molecule has 0 amide bonds. The van der Waals surface area contributed by atoms with E-state index in [1.807, 2.05) is 53.9 Å². The first-order valence-electron chi connectivity index (χ1n) is 8.13. The second kappa shape index (κ2) is 8.14. The molecular formula is C21H10Br2ClN3S. The number of halogens is 3.